The quantitative estimate of drug-likeness (QED) is 0.537. The van der Waals surface area contributed by atoms with Crippen molar-refractivity contribution in [1.29, 1.82) is 0 Å². The molecule has 2 N–H and O–H groups in total. The number of hydrogen-bond acceptors (Lipinski definition) is 3. The lowest BCUT2D eigenvalue weighted by atomic mass is 10.0. The molecule has 3 nitrogen and oxygen atoms in total. The van der Waals surface area contributed by atoms with Crippen LogP contribution in [0.15, 0.2) is 0 Å². The Kier molecular flexibility index (Phi) is 3.12. The highest BCUT2D eigenvalue weighted by atomic mass is 16.5. The van der Waals surface area contributed by atoms with E-state index in [9.17, 15) is 0 Å². The van der Waals surface area contributed by atoms with E-state index in [1.54, 1.807) is 0 Å². The normalized spacial score (nSPS) is 35.4. The minimum atomic E-state index is -0.323. The van der Waals surface area contributed by atoms with E-state index in [2.05, 4.69) is 0 Å². The Morgan fingerprint density at radius 1 is 1.30 bits per heavy atom. The predicted molar refractivity (Wildman–Crippen MR) is 36.6 cm³/mol. The summed E-state index contributed by atoms with van der Waals surface area (Å²) < 4.78 is 5.10. The molecule has 10 heavy (non-hydrogen) atoms. The van der Waals surface area contributed by atoms with Crippen molar-refractivity contribution in [2.24, 2.45) is 5.92 Å². The Hall–Kier alpha value is -0.120. The third-order valence-corrected chi connectivity index (χ3v) is 1.83. The van der Waals surface area contributed by atoms with Crippen LogP contribution < -0.4 is 0 Å². The molecule has 1 fully saturated rings. The van der Waals surface area contributed by atoms with Crippen LogP contribution in [-0.4, -0.2) is 36.1 Å². The van der Waals surface area contributed by atoms with Crippen LogP contribution in [0, 0.1) is 5.92 Å². The van der Waals surface area contributed by atoms with Crippen LogP contribution in [0.3, 0.4) is 0 Å². The van der Waals surface area contributed by atoms with Crippen molar-refractivity contribution in [3.05, 3.63) is 0 Å². The van der Waals surface area contributed by atoms with E-state index < -0.39 is 0 Å². The lowest BCUT2D eigenvalue weighted by Gasteiger charge is -2.07. The summed E-state index contributed by atoms with van der Waals surface area (Å²) >= 11 is 0. The molecule has 2 unspecified atom stereocenters. The monoisotopic (exact) mass is 146 g/mol. The summed E-state index contributed by atoms with van der Waals surface area (Å²) in [5.74, 6) is 0.233. The molecule has 0 amide bonds. The molecular weight excluding hydrogens is 132 g/mol. The molecule has 60 valence electrons. The van der Waals surface area contributed by atoms with Crippen molar-refractivity contribution in [3.63, 3.8) is 0 Å². The maximum Gasteiger partial charge on any atom is 0.0773 e. The van der Waals surface area contributed by atoms with E-state index >= 15 is 0 Å². The zero-order valence-electron chi connectivity index (χ0n) is 5.99. The third kappa shape index (κ3) is 2.25. The SMILES string of the molecule is OCC1CCC(O)COC1. The lowest BCUT2D eigenvalue weighted by molar-refractivity contribution is 0.0374. The lowest BCUT2D eigenvalue weighted by Crippen LogP contribution is -2.12. The van der Waals surface area contributed by atoms with E-state index in [-0.39, 0.29) is 18.6 Å². The summed E-state index contributed by atoms with van der Waals surface area (Å²) in [4.78, 5) is 0. The van der Waals surface area contributed by atoms with Gasteiger partial charge in [-0.1, -0.05) is 0 Å². The molecule has 1 saturated heterocycles. The average molecular weight is 146 g/mol. The fourth-order valence-electron chi connectivity index (χ4n) is 1.11. The standard InChI is InChI=1S/C7H14O3/c8-3-6-1-2-7(9)5-10-4-6/h6-9H,1-5H2. The van der Waals surface area contributed by atoms with Crippen molar-refractivity contribution in [3.8, 4) is 0 Å². The Labute approximate surface area is 60.6 Å². The van der Waals surface area contributed by atoms with Gasteiger partial charge in [-0.2, -0.15) is 0 Å². The Morgan fingerprint density at radius 2 is 2.10 bits per heavy atom. The molecule has 2 atom stereocenters. The van der Waals surface area contributed by atoms with Crippen molar-refractivity contribution >= 4 is 0 Å². The number of aliphatic hydroxyl groups excluding tert-OH is 2. The Bertz CT molecular complexity index is 94.9. The van der Waals surface area contributed by atoms with Crippen LogP contribution >= 0.6 is 0 Å². The molecule has 0 aromatic rings. The first-order chi connectivity index (χ1) is 4.83. The molecule has 0 bridgehead atoms. The molecule has 0 radical (unpaired) electrons. The van der Waals surface area contributed by atoms with E-state index in [0.29, 0.717) is 13.2 Å². The maximum absolute atomic E-state index is 9.10. The Balaban J connectivity index is 2.26. The summed E-state index contributed by atoms with van der Waals surface area (Å²) in [5.41, 5.74) is 0. The smallest absolute Gasteiger partial charge is 0.0773 e. The van der Waals surface area contributed by atoms with Gasteiger partial charge < -0.3 is 14.9 Å². The Morgan fingerprint density at radius 3 is 2.80 bits per heavy atom. The number of aliphatic hydroxyl groups is 2. The van der Waals surface area contributed by atoms with Gasteiger partial charge in [0.1, 0.15) is 0 Å². The molecule has 1 aliphatic heterocycles. The molecule has 0 saturated carbocycles. The van der Waals surface area contributed by atoms with Gasteiger partial charge in [0.2, 0.25) is 0 Å². The van der Waals surface area contributed by atoms with Gasteiger partial charge in [0.05, 0.1) is 19.3 Å². The molecule has 3 heteroatoms. The first-order valence-corrected chi connectivity index (χ1v) is 3.69. The highest BCUT2D eigenvalue weighted by molar-refractivity contribution is 4.65. The third-order valence-electron chi connectivity index (χ3n) is 1.83. The van der Waals surface area contributed by atoms with Gasteiger partial charge in [0.25, 0.3) is 0 Å². The van der Waals surface area contributed by atoms with Crippen LogP contribution in [0.2, 0.25) is 0 Å². The second kappa shape index (κ2) is 3.91. The fraction of sp³-hybridized carbons (Fsp3) is 1.00. The average Bonchev–Trinajstić information content (AvgIpc) is 2.14. The molecule has 1 heterocycles. The van der Waals surface area contributed by atoms with Gasteiger partial charge in [-0.3, -0.25) is 0 Å². The second-order valence-corrected chi connectivity index (χ2v) is 2.82. The summed E-state index contributed by atoms with van der Waals surface area (Å²) in [6.45, 7) is 1.19. The largest absolute Gasteiger partial charge is 0.396 e. The fourth-order valence-corrected chi connectivity index (χ4v) is 1.11. The van der Waals surface area contributed by atoms with Crippen LogP contribution in [0.5, 0.6) is 0 Å². The number of hydrogen-bond donors (Lipinski definition) is 2. The predicted octanol–water partition coefficient (Wildman–Crippen LogP) is -0.234. The molecule has 0 aromatic heterocycles. The van der Waals surface area contributed by atoms with E-state index in [1.165, 1.54) is 0 Å². The van der Waals surface area contributed by atoms with Crippen LogP contribution in [0.4, 0.5) is 0 Å². The van der Waals surface area contributed by atoms with E-state index in [4.69, 9.17) is 14.9 Å². The summed E-state index contributed by atoms with van der Waals surface area (Å²) in [7, 11) is 0. The topological polar surface area (TPSA) is 49.7 Å². The minimum absolute atomic E-state index is 0.173. The molecule has 1 rings (SSSR count). The van der Waals surface area contributed by atoms with Crippen LogP contribution in [0.25, 0.3) is 0 Å². The van der Waals surface area contributed by atoms with Gasteiger partial charge in [-0.25, -0.2) is 0 Å². The number of ether oxygens (including phenoxy) is 1. The second-order valence-electron chi connectivity index (χ2n) is 2.82. The zero-order valence-corrected chi connectivity index (χ0v) is 5.99. The summed E-state index contributed by atoms with van der Waals surface area (Å²) in [5, 5.41) is 17.8. The van der Waals surface area contributed by atoms with Gasteiger partial charge in [0.15, 0.2) is 0 Å². The van der Waals surface area contributed by atoms with Crippen molar-refractivity contribution < 1.29 is 14.9 Å². The van der Waals surface area contributed by atoms with Gasteiger partial charge in [-0.15, -0.1) is 0 Å². The molecular formula is C7H14O3. The van der Waals surface area contributed by atoms with Crippen LogP contribution in [-0.2, 0) is 4.74 Å². The first-order valence-electron chi connectivity index (χ1n) is 3.69. The highest BCUT2D eigenvalue weighted by Gasteiger charge is 2.16. The molecule has 0 aliphatic carbocycles. The van der Waals surface area contributed by atoms with Gasteiger partial charge in [0, 0.05) is 12.5 Å². The zero-order chi connectivity index (χ0) is 7.40. The summed E-state index contributed by atoms with van der Waals surface area (Å²) in [6, 6.07) is 0. The molecule has 0 aromatic carbocycles. The molecule has 0 spiro atoms. The van der Waals surface area contributed by atoms with Crippen molar-refractivity contribution in [2.45, 2.75) is 18.9 Å². The van der Waals surface area contributed by atoms with Crippen molar-refractivity contribution in [1.82, 2.24) is 0 Å². The first kappa shape index (κ1) is 7.98. The van der Waals surface area contributed by atoms with Crippen LogP contribution in [0.1, 0.15) is 12.8 Å². The number of rotatable bonds is 1. The molecule has 1 aliphatic rings. The van der Waals surface area contributed by atoms with Gasteiger partial charge in [-0.05, 0) is 12.8 Å². The summed E-state index contributed by atoms with van der Waals surface area (Å²) in [6.07, 6.45) is 1.31. The van der Waals surface area contributed by atoms with Gasteiger partial charge >= 0.3 is 0 Å². The highest BCUT2D eigenvalue weighted by Crippen LogP contribution is 2.13. The minimum Gasteiger partial charge on any atom is -0.396 e. The van der Waals surface area contributed by atoms with Crippen molar-refractivity contribution in [2.75, 3.05) is 19.8 Å². The van der Waals surface area contributed by atoms with E-state index in [1.807, 2.05) is 0 Å². The maximum atomic E-state index is 9.10. The van der Waals surface area contributed by atoms with E-state index in [0.717, 1.165) is 12.8 Å².